The van der Waals surface area contributed by atoms with Crippen molar-refractivity contribution in [1.82, 2.24) is 35.1 Å². The van der Waals surface area contributed by atoms with Gasteiger partial charge >= 0.3 is 0 Å². The largest absolute Gasteiger partial charge is 0.387 e. The molecule has 1 amide bonds. The van der Waals surface area contributed by atoms with E-state index in [1.165, 1.54) is 26.2 Å². The number of rotatable bonds is 8. The van der Waals surface area contributed by atoms with Gasteiger partial charge < -0.3 is 15.7 Å². The van der Waals surface area contributed by atoms with Crippen molar-refractivity contribution in [1.29, 1.82) is 5.26 Å². The zero-order chi connectivity index (χ0) is 27.6. The second-order valence-corrected chi connectivity index (χ2v) is 9.40. The van der Waals surface area contributed by atoms with Crippen molar-refractivity contribution in [3.8, 4) is 28.6 Å². The minimum atomic E-state index is -1.67. The maximum atomic E-state index is 14.3. The molecule has 11 nitrogen and oxygen atoms in total. The fourth-order valence-electron chi connectivity index (χ4n) is 3.85. The lowest BCUT2D eigenvalue weighted by atomic mass is 10.0. The number of amides is 1. The number of hydrogen-bond donors (Lipinski definition) is 4. The summed E-state index contributed by atoms with van der Waals surface area (Å²) in [5, 5.41) is 35.8. The summed E-state index contributed by atoms with van der Waals surface area (Å²) in [6.45, 7) is 2.29. The van der Waals surface area contributed by atoms with Crippen molar-refractivity contribution < 1.29 is 14.3 Å². The zero-order valence-corrected chi connectivity index (χ0v) is 21.1. The Hall–Kier alpha value is -5.15. The molecule has 0 aliphatic heterocycles. The molecule has 5 heterocycles. The number of pyridine rings is 2. The highest BCUT2D eigenvalue weighted by atomic mass is 19.1. The van der Waals surface area contributed by atoms with Crippen molar-refractivity contribution in [3.63, 3.8) is 0 Å². The van der Waals surface area contributed by atoms with Gasteiger partial charge in [0.15, 0.2) is 0 Å². The number of nitriles is 1. The van der Waals surface area contributed by atoms with Crippen molar-refractivity contribution in [2.45, 2.75) is 25.6 Å². The van der Waals surface area contributed by atoms with Crippen LogP contribution < -0.4 is 10.6 Å². The molecule has 4 N–H and O–H groups in total. The summed E-state index contributed by atoms with van der Waals surface area (Å²) >= 11 is 0. The van der Waals surface area contributed by atoms with Crippen LogP contribution in [0, 0.1) is 11.3 Å². The molecule has 0 fully saturated rings. The van der Waals surface area contributed by atoms with Crippen molar-refractivity contribution in [3.05, 3.63) is 78.5 Å². The second kappa shape index (κ2) is 10.3. The van der Waals surface area contributed by atoms with E-state index in [-0.39, 0.29) is 12.1 Å². The molecule has 0 aliphatic rings. The number of alkyl halides is 1. The number of H-pyrrole nitrogens is 1. The quantitative estimate of drug-likeness (QED) is 0.239. The molecular weight excluding hydrogens is 501 g/mol. The molecule has 0 spiro atoms. The van der Waals surface area contributed by atoms with E-state index < -0.39 is 17.7 Å². The standard InChI is InChI=1S/C27H24FN9O2/c1-27(2,39)24(28)15-32-26(38)20-14-30-22(23-5-4-19-7-16(9-29)10-35-37(19)23)8-21(20)36-25-6-3-17(11-31-25)18-12-33-34-13-18/h3-8,10-14,24,39H,15H2,1-2H3,(H,32,38)(H,33,34)(H,30,31,36)/t24-/m1/s1. The maximum Gasteiger partial charge on any atom is 0.255 e. The lowest BCUT2D eigenvalue weighted by Crippen LogP contribution is -2.42. The van der Waals surface area contributed by atoms with Crippen molar-refractivity contribution >= 4 is 22.9 Å². The number of aromatic amines is 1. The molecule has 0 saturated carbocycles. The average Bonchev–Trinajstić information content (AvgIpc) is 3.61. The number of nitrogens with zero attached hydrogens (tertiary/aromatic N) is 6. The number of nitrogens with one attached hydrogen (secondary N) is 3. The van der Waals surface area contributed by atoms with Crippen LogP contribution in [0.4, 0.5) is 15.9 Å². The van der Waals surface area contributed by atoms with Gasteiger partial charge in [-0.15, -0.1) is 0 Å². The molecule has 1 atom stereocenters. The molecule has 12 heteroatoms. The number of halogens is 1. The van der Waals surface area contributed by atoms with E-state index in [1.54, 1.807) is 41.3 Å². The van der Waals surface area contributed by atoms with Crippen LogP contribution in [-0.4, -0.2) is 59.1 Å². The average molecular weight is 526 g/mol. The van der Waals surface area contributed by atoms with Crippen LogP contribution in [0.5, 0.6) is 0 Å². The molecule has 196 valence electrons. The molecular formula is C27H24FN9O2. The van der Waals surface area contributed by atoms with E-state index in [2.05, 4.69) is 42.0 Å². The van der Waals surface area contributed by atoms with Crippen LogP contribution in [0.1, 0.15) is 29.8 Å². The first-order valence-electron chi connectivity index (χ1n) is 12.0. The zero-order valence-electron chi connectivity index (χ0n) is 21.1. The van der Waals surface area contributed by atoms with Gasteiger partial charge in [0.2, 0.25) is 0 Å². The first-order valence-corrected chi connectivity index (χ1v) is 12.0. The van der Waals surface area contributed by atoms with Crippen LogP contribution in [-0.2, 0) is 0 Å². The molecule has 0 bridgehead atoms. The summed E-state index contributed by atoms with van der Waals surface area (Å²) in [7, 11) is 0. The first kappa shape index (κ1) is 25.5. The normalized spacial score (nSPS) is 12.2. The predicted octanol–water partition coefficient (Wildman–Crippen LogP) is 3.64. The number of hydrogen-bond acceptors (Lipinski definition) is 8. The van der Waals surface area contributed by atoms with E-state index in [0.29, 0.717) is 34.0 Å². The van der Waals surface area contributed by atoms with Gasteiger partial charge in [-0.3, -0.25) is 14.9 Å². The van der Waals surface area contributed by atoms with Crippen LogP contribution in [0.15, 0.2) is 67.4 Å². The van der Waals surface area contributed by atoms with Gasteiger partial charge in [0, 0.05) is 29.7 Å². The number of carbonyl (C=O) groups is 1. The van der Waals surface area contributed by atoms with Gasteiger partial charge in [0.05, 0.1) is 58.3 Å². The third-order valence-corrected chi connectivity index (χ3v) is 6.11. The highest BCUT2D eigenvalue weighted by Gasteiger charge is 2.27. The van der Waals surface area contributed by atoms with Gasteiger partial charge in [-0.1, -0.05) is 0 Å². The van der Waals surface area contributed by atoms with Crippen LogP contribution in [0.3, 0.4) is 0 Å². The monoisotopic (exact) mass is 525 g/mol. The van der Waals surface area contributed by atoms with Gasteiger partial charge in [-0.2, -0.15) is 15.5 Å². The van der Waals surface area contributed by atoms with Crippen molar-refractivity contribution in [2.24, 2.45) is 0 Å². The molecule has 0 unspecified atom stereocenters. The first-order chi connectivity index (χ1) is 18.7. The van der Waals surface area contributed by atoms with E-state index >= 15 is 0 Å². The summed E-state index contributed by atoms with van der Waals surface area (Å²) < 4.78 is 15.9. The Labute approximate surface area is 222 Å². The Morgan fingerprint density at radius 3 is 2.69 bits per heavy atom. The smallest absolute Gasteiger partial charge is 0.255 e. The van der Waals surface area contributed by atoms with Gasteiger partial charge in [0.25, 0.3) is 5.91 Å². The van der Waals surface area contributed by atoms with Crippen molar-refractivity contribution in [2.75, 3.05) is 11.9 Å². The minimum Gasteiger partial charge on any atom is -0.387 e. The SMILES string of the molecule is CC(C)(O)[C@H](F)CNC(=O)c1cnc(-c2ccc3cc(C#N)cnn23)cc1Nc1ccc(-c2cn[nH]c2)cn1. The van der Waals surface area contributed by atoms with Gasteiger partial charge in [-0.25, -0.2) is 13.9 Å². The van der Waals surface area contributed by atoms with Crippen LogP contribution in [0.25, 0.3) is 28.0 Å². The van der Waals surface area contributed by atoms with Gasteiger partial charge in [0.1, 0.15) is 18.1 Å². The highest BCUT2D eigenvalue weighted by molar-refractivity contribution is 6.00. The number of fused-ring (bicyclic) bond motifs is 1. The third kappa shape index (κ3) is 5.43. The number of anilines is 2. The Morgan fingerprint density at radius 1 is 1.15 bits per heavy atom. The fraction of sp³-hybridized carbons (Fsp3) is 0.185. The Morgan fingerprint density at radius 2 is 2.00 bits per heavy atom. The molecule has 0 radical (unpaired) electrons. The summed E-state index contributed by atoms with van der Waals surface area (Å²) in [6.07, 6.45) is 6.28. The van der Waals surface area contributed by atoms with Crippen LogP contribution in [0.2, 0.25) is 0 Å². The Bertz CT molecular complexity index is 1670. The minimum absolute atomic E-state index is 0.156. The number of carbonyl (C=O) groups excluding carboxylic acids is 1. The molecule has 5 aromatic heterocycles. The fourth-order valence-corrected chi connectivity index (χ4v) is 3.85. The molecule has 5 aromatic rings. The molecule has 0 aliphatic carbocycles. The molecule has 0 aromatic carbocycles. The summed E-state index contributed by atoms with van der Waals surface area (Å²) in [4.78, 5) is 22.0. The molecule has 0 saturated heterocycles. The van der Waals surface area contributed by atoms with E-state index in [1.807, 2.05) is 18.2 Å². The lowest BCUT2D eigenvalue weighted by Gasteiger charge is -2.22. The molecule has 39 heavy (non-hydrogen) atoms. The third-order valence-electron chi connectivity index (χ3n) is 6.11. The Balaban J connectivity index is 1.49. The second-order valence-electron chi connectivity index (χ2n) is 9.40. The number of aliphatic hydroxyl groups is 1. The summed E-state index contributed by atoms with van der Waals surface area (Å²) in [5.74, 6) is -0.111. The highest BCUT2D eigenvalue weighted by Crippen LogP contribution is 2.28. The lowest BCUT2D eigenvalue weighted by molar-refractivity contribution is -0.00177. The van der Waals surface area contributed by atoms with E-state index in [4.69, 9.17) is 5.26 Å². The van der Waals surface area contributed by atoms with Gasteiger partial charge in [-0.05, 0) is 50.2 Å². The summed E-state index contributed by atoms with van der Waals surface area (Å²) in [5.41, 5.74) is 2.93. The van der Waals surface area contributed by atoms with Crippen LogP contribution >= 0.6 is 0 Å². The van der Waals surface area contributed by atoms with E-state index in [9.17, 15) is 14.3 Å². The topological polar surface area (TPSA) is 157 Å². The van der Waals surface area contributed by atoms with E-state index in [0.717, 1.165) is 11.1 Å². The molecule has 5 rings (SSSR count). The Kier molecular flexibility index (Phi) is 6.74. The number of aromatic nitrogens is 6. The summed E-state index contributed by atoms with van der Waals surface area (Å²) in [6, 6.07) is 12.7. The predicted molar refractivity (Wildman–Crippen MR) is 142 cm³/mol. The maximum absolute atomic E-state index is 14.3.